The van der Waals surface area contributed by atoms with Gasteiger partial charge in [-0.3, -0.25) is 0 Å². The molecule has 0 fully saturated rings. The molecule has 68 valence electrons. The zero-order valence-electron chi connectivity index (χ0n) is 8.74. The first-order valence-electron chi connectivity index (χ1n) is 5.24. The van der Waals surface area contributed by atoms with E-state index in [-0.39, 0.29) is 0 Å². The Kier molecular flexibility index (Phi) is 6.79. The van der Waals surface area contributed by atoms with E-state index < -0.39 is 18.4 Å². The monoisotopic (exact) mass is 264 g/mol. The van der Waals surface area contributed by atoms with Crippen molar-refractivity contribution in [1.82, 2.24) is 0 Å². The molecule has 0 unspecified atom stereocenters. The Hall–Kier alpha value is 0.799. The van der Waals surface area contributed by atoms with Gasteiger partial charge in [0.1, 0.15) is 0 Å². The number of unbranched alkanes of at least 4 members (excludes halogenated alkanes) is 1. The molecule has 0 spiro atoms. The molecule has 0 aliphatic rings. The third-order valence-corrected chi connectivity index (χ3v) is 20.2. The van der Waals surface area contributed by atoms with Gasteiger partial charge in [0.15, 0.2) is 0 Å². The quantitative estimate of drug-likeness (QED) is 0.627. The SMILES string of the molecule is CCC[CH2][Sn]([CH2]C)([CH2]C)[CH2]C. The van der Waals surface area contributed by atoms with Crippen molar-refractivity contribution in [2.24, 2.45) is 0 Å². The summed E-state index contributed by atoms with van der Waals surface area (Å²) in [5.74, 6) is 0. The van der Waals surface area contributed by atoms with E-state index in [1.165, 1.54) is 12.8 Å². The summed E-state index contributed by atoms with van der Waals surface area (Å²) in [7, 11) is 0. The van der Waals surface area contributed by atoms with Gasteiger partial charge >= 0.3 is 76.7 Å². The van der Waals surface area contributed by atoms with Gasteiger partial charge in [-0.1, -0.05) is 0 Å². The van der Waals surface area contributed by atoms with Gasteiger partial charge < -0.3 is 0 Å². The van der Waals surface area contributed by atoms with E-state index in [2.05, 4.69) is 27.7 Å². The van der Waals surface area contributed by atoms with Crippen LogP contribution in [-0.2, 0) is 0 Å². The summed E-state index contributed by atoms with van der Waals surface area (Å²) in [6, 6.07) is 0. The van der Waals surface area contributed by atoms with Crippen molar-refractivity contribution in [3.05, 3.63) is 0 Å². The number of rotatable bonds is 6. The van der Waals surface area contributed by atoms with Crippen LogP contribution in [0.25, 0.3) is 0 Å². The van der Waals surface area contributed by atoms with E-state index in [9.17, 15) is 0 Å². The van der Waals surface area contributed by atoms with Gasteiger partial charge in [0.05, 0.1) is 0 Å². The van der Waals surface area contributed by atoms with Crippen molar-refractivity contribution in [2.75, 3.05) is 0 Å². The predicted molar refractivity (Wildman–Crippen MR) is 56.9 cm³/mol. The fourth-order valence-corrected chi connectivity index (χ4v) is 12.3. The van der Waals surface area contributed by atoms with Gasteiger partial charge in [-0.05, 0) is 0 Å². The summed E-state index contributed by atoms with van der Waals surface area (Å²) in [4.78, 5) is 0. The number of hydrogen-bond acceptors (Lipinski definition) is 0. The fourth-order valence-electron chi connectivity index (χ4n) is 1.83. The Morgan fingerprint density at radius 3 is 1.55 bits per heavy atom. The van der Waals surface area contributed by atoms with Gasteiger partial charge in [0.2, 0.25) is 0 Å². The molecular weight excluding hydrogens is 239 g/mol. The summed E-state index contributed by atoms with van der Waals surface area (Å²) in [5, 5.41) is 0. The van der Waals surface area contributed by atoms with E-state index in [4.69, 9.17) is 0 Å². The Labute approximate surface area is 76.6 Å². The molecule has 0 N–H and O–H groups in total. The Bertz CT molecular complexity index is 76.6. The van der Waals surface area contributed by atoms with Crippen LogP contribution in [0.2, 0.25) is 17.7 Å². The molecule has 0 rings (SSSR count). The molecule has 0 aromatic heterocycles. The van der Waals surface area contributed by atoms with Crippen molar-refractivity contribution in [2.45, 2.75) is 58.3 Å². The third kappa shape index (κ3) is 3.82. The molecule has 0 aromatic carbocycles. The molecule has 0 aliphatic carbocycles. The molecule has 0 bridgehead atoms. The molecule has 0 aromatic rings. The van der Waals surface area contributed by atoms with Crippen LogP contribution in [0.5, 0.6) is 0 Å². The summed E-state index contributed by atoms with van der Waals surface area (Å²) in [5.41, 5.74) is 0. The average molecular weight is 263 g/mol. The third-order valence-electron chi connectivity index (χ3n) is 3.31. The topological polar surface area (TPSA) is 0 Å². The van der Waals surface area contributed by atoms with Crippen LogP contribution in [0.4, 0.5) is 0 Å². The van der Waals surface area contributed by atoms with Crippen LogP contribution in [0.1, 0.15) is 40.5 Å². The Balaban J connectivity index is 3.84. The molecule has 0 amide bonds. The predicted octanol–water partition coefficient (Wildman–Crippen LogP) is 4.30. The van der Waals surface area contributed by atoms with Crippen LogP contribution in [0.15, 0.2) is 0 Å². The Morgan fingerprint density at radius 1 is 0.818 bits per heavy atom. The summed E-state index contributed by atoms with van der Waals surface area (Å²) in [6.45, 7) is 9.60. The van der Waals surface area contributed by atoms with E-state index >= 15 is 0 Å². The molecule has 11 heavy (non-hydrogen) atoms. The maximum absolute atomic E-state index is 2.43. The molecule has 0 radical (unpaired) electrons. The van der Waals surface area contributed by atoms with Crippen molar-refractivity contribution in [1.29, 1.82) is 0 Å². The van der Waals surface area contributed by atoms with Gasteiger partial charge in [0, 0.05) is 0 Å². The van der Waals surface area contributed by atoms with E-state index in [1.807, 2.05) is 0 Å². The Morgan fingerprint density at radius 2 is 1.27 bits per heavy atom. The summed E-state index contributed by atoms with van der Waals surface area (Å²) in [6.07, 6.45) is 2.91. The first-order valence-corrected chi connectivity index (χ1v) is 13.3. The van der Waals surface area contributed by atoms with E-state index in [1.54, 1.807) is 17.7 Å². The van der Waals surface area contributed by atoms with Crippen molar-refractivity contribution in [3.8, 4) is 0 Å². The van der Waals surface area contributed by atoms with E-state index in [0.717, 1.165) is 0 Å². The average Bonchev–Trinajstić information content (AvgIpc) is 2.08. The minimum absolute atomic E-state index is 1.40. The molecular formula is C10H24Sn. The van der Waals surface area contributed by atoms with Gasteiger partial charge in [-0.15, -0.1) is 0 Å². The maximum atomic E-state index is 2.43. The molecule has 0 saturated heterocycles. The molecule has 0 saturated carbocycles. The molecule has 0 nitrogen and oxygen atoms in total. The van der Waals surface area contributed by atoms with Crippen molar-refractivity contribution in [3.63, 3.8) is 0 Å². The van der Waals surface area contributed by atoms with Crippen molar-refractivity contribution < 1.29 is 0 Å². The van der Waals surface area contributed by atoms with Crippen LogP contribution in [0.3, 0.4) is 0 Å². The minimum atomic E-state index is -1.46. The van der Waals surface area contributed by atoms with Crippen LogP contribution < -0.4 is 0 Å². The molecule has 0 heterocycles. The first kappa shape index (κ1) is 11.8. The summed E-state index contributed by atoms with van der Waals surface area (Å²) >= 11 is -1.46. The van der Waals surface area contributed by atoms with Gasteiger partial charge in [0.25, 0.3) is 0 Å². The second-order valence-electron chi connectivity index (χ2n) is 3.66. The zero-order chi connectivity index (χ0) is 8.74. The second kappa shape index (κ2) is 6.33. The van der Waals surface area contributed by atoms with Gasteiger partial charge in [-0.2, -0.15) is 0 Å². The second-order valence-corrected chi connectivity index (χ2v) is 19.7. The normalized spacial score (nSPS) is 12.0. The van der Waals surface area contributed by atoms with E-state index in [0.29, 0.717) is 0 Å². The standard InChI is InChI=1S/C4H9.3C2H5.Sn/c1-3-4-2;3*1-2;/h1,3-4H2,2H3;3*1H2,2H3;. The molecule has 0 atom stereocenters. The van der Waals surface area contributed by atoms with Crippen LogP contribution >= 0.6 is 0 Å². The first-order chi connectivity index (χ1) is 5.24. The van der Waals surface area contributed by atoms with Gasteiger partial charge in [-0.25, -0.2) is 0 Å². The number of hydrogen-bond donors (Lipinski definition) is 0. The zero-order valence-corrected chi connectivity index (χ0v) is 11.6. The fraction of sp³-hybridized carbons (Fsp3) is 1.00. The molecule has 0 aliphatic heterocycles. The molecule has 1 heteroatoms. The summed E-state index contributed by atoms with van der Waals surface area (Å²) < 4.78 is 6.36. The van der Waals surface area contributed by atoms with Crippen LogP contribution in [-0.4, -0.2) is 18.4 Å². The van der Waals surface area contributed by atoms with Crippen LogP contribution in [0, 0.1) is 0 Å². The van der Waals surface area contributed by atoms with Crippen molar-refractivity contribution >= 4 is 18.4 Å².